The standard InChI is InChI=1S/C19H19NOS/c1-13(2)14-7-9-15(10-8-14)17(21)11-12-19-20-16-5-3-4-6-18(16)22-19/h3-10,13H,11-12H2,1-2H3. The van der Waals surface area contributed by atoms with E-state index >= 15 is 0 Å². The number of rotatable bonds is 5. The molecule has 1 heterocycles. The summed E-state index contributed by atoms with van der Waals surface area (Å²) in [5, 5.41) is 1.04. The summed E-state index contributed by atoms with van der Waals surface area (Å²) in [6, 6.07) is 16.1. The lowest BCUT2D eigenvalue weighted by atomic mass is 9.99. The Morgan fingerprint density at radius 2 is 1.82 bits per heavy atom. The third-order valence-electron chi connectivity index (χ3n) is 3.80. The van der Waals surface area contributed by atoms with E-state index in [9.17, 15) is 4.79 Å². The number of benzene rings is 2. The van der Waals surface area contributed by atoms with Crippen LogP contribution < -0.4 is 0 Å². The third-order valence-corrected chi connectivity index (χ3v) is 4.90. The molecule has 0 spiro atoms. The second kappa shape index (κ2) is 6.41. The zero-order chi connectivity index (χ0) is 15.5. The highest BCUT2D eigenvalue weighted by Gasteiger charge is 2.09. The summed E-state index contributed by atoms with van der Waals surface area (Å²) in [6.45, 7) is 4.31. The zero-order valence-electron chi connectivity index (χ0n) is 12.9. The molecule has 3 heteroatoms. The fourth-order valence-corrected chi connectivity index (χ4v) is 3.41. The normalized spacial score (nSPS) is 11.2. The molecule has 0 saturated heterocycles. The molecule has 0 amide bonds. The van der Waals surface area contributed by atoms with Crippen LogP contribution in [0.3, 0.4) is 0 Å². The molecule has 2 aromatic carbocycles. The van der Waals surface area contributed by atoms with E-state index in [1.165, 1.54) is 10.3 Å². The average Bonchev–Trinajstić information content (AvgIpc) is 2.95. The highest BCUT2D eigenvalue weighted by molar-refractivity contribution is 7.18. The first kappa shape index (κ1) is 14.9. The molecule has 3 rings (SSSR count). The summed E-state index contributed by atoms with van der Waals surface area (Å²) < 4.78 is 1.19. The summed E-state index contributed by atoms with van der Waals surface area (Å²) >= 11 is 1.68. The quantitative estimate of drug-likeness (QED) is 0.604. The van der Waals surface area contributed by atoms with Gasteiger partial charge in [0.05, 0.1) is 15.2 Å². The van der Waals surface area contributed by atoms with E-state index in [2.05, 4.69) is 37.0 Å². The fraction of sp³-hybridized carbons (Fsp3) is 0.263. The Morgan fingerprint density at radius 1 is 1.09 bits per heavy atom. The van der Waals surface area contributed by atoms with Crippen molar-refractivity contribution >= 4 is 27.3 Å². The molecule has 22 heavy (non-hydrogen) atoms. The Labute approximate surface area is 134 Å². The van der Waals surface area contributed by atoms with Crippen LogP contribution in [0.2, 0.25) is 0 Å². The molecule has 0 aliphatic rings. The van der Waals surface area contributed by atoms with Crippen molar-refractivity contribution in [1.29, 1.82) is 0 Å². The van der Waals surface area contributed by atoms with Crippen LogP contribution in [0.5, 0.6) is 0 Å². The van der Waals surface area contributed by atoms with Gasteiger partial charge in [0, 0.05) is 18.4 Å². The van der Waals surface area contributed by atoms with Crippen LogP contribution in [0.15, 0.2) is 48.5 Å². The van der Waals surface area contributed by atoms with Gasteiger partial charge in [-0.3, -0.25) is 4.79 Å². The molecule has 112 valence electrons. The van der Waals surface area contributed by atoms with Gasteiger partial charge in [-0.1, -0.05) is 50.2 Å². The van der Waals surface area contributed by atoms with Crippen molar-refractivity contribution in [3.63, 3.8) is 0 Å². The number of ketones is 1. The number of hydrogen-bond acceptors (Lipinski definition) is 3. The van der Waals surface area contributed by atoms with Gasteiger partial charge in [0.1, 0.15) is 0 Å². The van der Waals surface area contributed by atoms with E-state index in [1.54, 1.807) is 11.3 Å². The first-order valence-corrected chi connectivity index (χ1v) is 8.43. The van der Waals surface area contributed by atoms with Gasteiger partial charge < -0.3 is 0 Å². The van der Waals surface area contributed by atoms with E-state index in [1.807, 2.05) is 30.3 Å². The molecular formula is C19H19NOS. The molecule has 0 aliphatic carbocycles. The molecule has 0 N–H and O–H groups in total. The summed E-state index contributed by atoms with van der Waals surface area (Å²) in [7, 11) is 0. The van der Waals surface area contributed by atoms with Crippen molar-refractivity contribution in [2.45, 2.75) is 32.6 Å². The third kappa shape index (κ3) is 3.25. The number of carbonyl (C=O) groups excluding carboxylic acids is 1. The van der Waals surface area contributed by atoms with Gasteiger partial charge in [-0.2, -0.15) is 0 Å². The lowest BCUT2D eigenvalue weighted by Gasteiger charge is -2.06. The molecule has 0 atom stereocenters. The van der Waals surface area contributed by atoms with Gasteiger partial charge in [0.25, 0.3) is 0 Å². The van der Waals surface area contributed by atoms with Gasteiger partial charge in [-0.15, -0.1) is 11.3 Å². The molecule has 0 radical (unpaired) electrons. The second-order valence-electron chi connectivity index (χ2n) is 5.78. The van der Waals surface area contributed by atoms with Crippen molar-refractivity contribution in [2.24, 2.45) is 0 Å². The molecule has 0 fully saturated rings. The summed E-state index contributed by atoms with van der Waals surface area (Å²) in [5.41, 5.74) is 3.09. The summed E-state index contributed by atoms with van der Waals surface area (Å²) in [4.78, 5) is 16.9. The lowest BCUT2D eigenvalue weighted by molar-refractivity contribution is 0.0983. The van der Waals surface area contributed by atoms with Crippen molar-refractivity contribution in [3.05, 3.63) is 64.7 Å². The zero-order valence-corrected chi connectivity index (χ0v) is 13.7. The average molecular weight is 309 g/mol. The van der Waals surface area contributed by atoms with E-state index < -0.39 is 0 Å². The predicted molar refractivity (Wildman–Crippen MR) is 92.8 cm³/mol. The maximum atomic E-state index is 12.3. The van der Waals surface area contributed by atoms with Crippen molar-refractivity contribution in [1.82, 2.24) is 4.98 Å². The first-order valence-electron chi connectivity index (χ1n) is 7.61. The topological polar surface area (TPSA) is 30.0 Å². The number of fused-ring (bicyclic) bond motifs is 1. The van der Waals surface area contributed by atoms with Crippen LogP contribution in [-0.4, -0.2) is 10.8 Å². The minimum atomic E-state index is 0.189. The lowest BCUT2D eigenvalue weighted by Crippen LogP contribution is -2.01. The number of aryl methyl sites for hydroxylation is 1. The fourth-order valence-electron chi connectivity index (χ4n) is 2.45. The van der Waals surface area contributed by atoms with Gasteiger partial charge in [0.2, 0.25) is 0 Å². The van der Waals surface area contributed by atoms with Gasteiger partial charge in [-0.25, -0.2) is 4.98 Å². The minimum absolute atomic E-state index is 0.189. The van der Waals surface area contributed by atoms with Gasteiger partial charge in [0.15, 0.2) is 5.78 Å². The number of nitrogens with zero attached hydrogens (tertiary/aromatic N) is 1. The molecular weight excluding hydrogens is 290 g/mol. The monoisotopic (exact) mass is 309 g/mol. The van der Waals surface area contributed by atoms with E-state index in [4.69, 9.17) is 0 Å². The molecule has 1 aromatic heterocycles. The SMILES string of the molecule is CC(C)c1ccc(C(=O)CCc2nc3ccccc3s2)cc1. The van der Waals surface area contributed by atoms with E-state index in [0.29, 0.717) is 18.8 Å². The molecule has 0 unspecified atom stereocenters. The molecule has 2 nitrogen and oxygen atoms in total. The Bertz CT molecular complexity index is 754. The molecule has 3 aromatic rings. The molecule has 0 bridgehead atoms. The van der Waals surface area contributed by atoms with E-state index in [0.717, 1.165) is 16.1 Å². The number of Topliss-reactive ketones (excluding diaryl/α,β-unsaturated/α-hetero) is 1. The number of para-hydroxylation sites is 1. The van der Waals surface area contributed by atoms with Gasteiger partial charge in [-0.05, 0) is 23.6 Å². The maximum Gasteiger partial charge on any atom is 0.163 e. The number of hydrogen-bond donors (Lipinski definition) is 0. The Kier molecular flexibility index (Phi) is 4.34. The highest BCUT2D eigenvalue weighted by Crippen LogP contribution is 2.23. The summed E-state index contributed by atoms with van der Waals surface area (Å²) in [5.74, 6) is 0.682. The number of aromatic nitrogens is 1. The maximum absolute atomic E-state index is 12.3. The van der Waals surface area contributed by atoms with E-state index in [-0.39, 0.29) is 5.78 Å². The van der Waals surface area contributed by atoms with Crippen LogP contribution in [0.4, 0.5) is 0 Å². The van der Waals surface area contributed by atoms with Crippen LogP contribution in [0, 0.1) is 0 Å². The van der Waals surface area contributed by atoms with Gasteiger partial charge >= 0.3 is 0 Å². The smallest absolute Gasteiger partial charge is 0.163 e. The van der Waals surface area contributed by atoms with Crippen molar-refractivity contribution < 1.29 is 4.79 Å². The van der Waals surface area contributed by atoms with Crippen LogP contribution in [0.25, 0.3) is 10.2 Å². The van der Waals surface area contributed by atoms with Crippen LogP contribution >= 0.6 is 11.3 Å². The Hall–Kier alpha value is -2.00. The molecule has 0 saturated carbocycles. The Morgan fingerprint density at radius 3 is 2.50 bits per heavy atom. The number of thiazole rings is 1. The highest BCUT2D eigenvalue weighted by atomic mass is 32.1. The minimum Gasteiger partial charge on any atom is -0.294 e. The largest absolute Gasteiger partial charge is 0.294 e. The first-order chi connectivity index (χ1) is 10.6. The van der Waals surface area contributed by atoms with Crippen molar-refractivity contribution in [2.75, 3.05) is 0 Å². The van der Waals surface area contributed by atoms with Crippen LogP contribution in [-0.2, 0) is 6.42 Å². The predicted octanol–water partition coefficient (Wildman–Crippen LogP) is 5.24. The molecule has 0 aliphatic heterocycles. The van der Waals surface area contributed by atoms with Crippen molar-refractivity contribution in [3.8, 4) is 0 Å². The second-order valence-corrected chi connectivity index (χ2v) is 6.89. The Balaban J connectivity index is 1.66. The van der Waals surface area contributed by atoms with Crippen LogP contribution in [0.1, 0.15) is 47.1 Å². The summed E-state index contributed by atoms with van der Waals surface area (Å²) in [6.07, 6.45) is 1.23. The number of carbonyl (C=O) groups is 1.